The van der Waals surface area contributed by atoms with Gasteiger partial charge in [0.25, 0.3) is 0 Å². The van der Waals surface area contributed by atoms with Gasteiger partial charge in [-0.05, 0) is 0 Å². The molecule has 0 heterocycles. The second kappa shape index (κ2) is 2.32. The van der Waals surface area contributed by atoms with Crippen molar-refractivity contribution >= 4 is 9.52 Å². The molecule has 0 aromatic heterocycles. The van der Waals surface area contributed by atoms with E-state index in [-0.39, 0.29) is 0 Å². The molecule has 0 rings (SSSR count). The zero-order valence-corrected chi connectivity index (χ0v) is 4.45. The van der Waals surface area contributed by atoms with Crippen LogP contribution in [0.5, 0.6) is 0 Å². The molecular formula is C2H6F2Si. The summed E-state index contributed by atoms with van der Waals surface area (Å²) in [5.41, 5.74) is 0. The normalized spacial score (nSPS) is 12.0. The van der Waals surface area contributed by atoms with Gasteiger partial charge in [-0.25, -0.2) is 8.78 Å². The van der Waals surface area contributed by atoms with Crippen molar-refractivity contribution < 1.29 is 8.78 Å². The first-order chi connectivity index (χ1) is 2.27. The van der Waals surface area contributed by atoms with Crippen LogP contribution in [0.2, 0.25) is 6.55 Å². The molecule has 0 atom stereocenters. The maximum Gasteiger partial charge on any atom is 0.214 e. The van der Waals surface area contributed by atoms with Crippen molar-refractivity contribution in [1.82, 2.24) is 0 Å². The van der Waals surface area contributed by atoms with Crippen molar-refractivity contribution in [3.8, 4) is 0 Å². The van der Waals surface area contributed by atoms with E-state index in [4.69, 9.17) is 0 Å². The first-order valence-electron chi connectivity index (χ1n) is 1.55. The second-order valence-corrected chi connectivity index (χ2v) is 2.23. The molecule has 0 saturated heterocycles. The lowest BCUT2D eigenvalue weighted by molar-refractivity contribution is 0.238. The van der Waals surface area contributed by atoms with Crippen LogP contribution in [-0.4, -0.2) is 15.6 Å². The quantitative estimate of drug-likeness (QED) is 0.415. The fourth-order valence-corrected chi connectivity index (χ4v) is 0. The van der Waals surface area contributed by atoms with Crippen molar-refractivity contribution in [2.75, 3.05) is 0 Å². The molecule has 0 aliphatic heterocycles. The van der Waals surface area contributed by atoms with Crippen molar-refractivity contribution in [3.63, 3.8) is 0 Å². The van der Waals surface area contributed by atoms with E-state index in [0.717, 1.165) is 0 Å². The summed E-state index contributed by atoms with van der Waals surface area (Å²) in [7, 11) is -0.985. The Hall–Kier alpha value is 0.0769. The molecule has 5 heavy (non-hydrogen) atoms. The van der Waals surface area contributed by atoms with Crippen LogP contribution in [0, 0.1) is 0 Å². The number of rotatable bonds is 1. The Labute approximate surface area is 32.0 Å². The summed E-state index contributed by atoms with van der Waals surface area (Å²) < 4.78 is 21.7. The minimum Gasteiger partial charge on any atom is -0.216 e. The minimum absolute atomic E-state index is 0.985. The van der Waals surface area contributed by atoms with Crippen molar-refractivity contribution in [2.45, 2.75) is 12.6 Å². The van der Waals surface area contributed by atoms with Crippen molar-refractivity contribution in [1.29, 1.82) is 0 Å². The Bertz CT molecular complexity index is 21.6. The Morgan fingerprint density at radius 2 is 1.80 bits per heavy atom. The van der Waals surface area contributed by atoms with E-state index in [0.29, 0.717) is 0 Å². The highest BCUT2D eigenvalue weighted by Crippen LogP contribution is 1.84. The predicted molar refractivity (Wildman–Crippen MR) is 20.4 cm³/mol. The van der Waals surface area contributed by atoms with E-state index in [1.165, 1.54) is 0 Å². The average Bonchev–Trinajstić information content (AvgIpc) is 1.38. The smallest absolute Gasteiger partial charge is 0.214 e. The zero-order valence-electron chi connectivity index (χ0n) is 3.04. The molecule has 0 unspecified atom stereocenters. The molecule has 0 fully saturated rings. The van der Waals surface area contributed by atoms with Crippen LogP contribution in [0.1, 0.15) is 0 Å². The lowest BCUT2D eigenvalue weighted by atomic mass is 11.7. The molecule has 0 spiro atoms. The van der Waals surface area contributed by atoms with E-state index < -0.39 is 15.6 Å². The Kier molecular flexibility index (Phi) is 2.36. The van der Waals surface area contributed by atoms with E-state index >= 15 is 0 Å². The Morgan fingerprint density at radius 1 is 1.60 bits per heavy atom. The molecular weight excluding hydrogens is 90.1 g/mol. The fourth-order valence-electron chi connectivity index (χ4n) is 0. The van der Waals surface area contributed by atoms with Gasteiger partial charge in [-0.1, -0.05) is 6.55 Å². The standard InChI is InChI=1S/C2H6F2Si/c1-5-2(3)4/h2H,5H2,1H3. The molecule has 0 aliphatic rings. The number of hydrogen-bond acceptors (Lipinski definition) is 0. The molecule has 0 aromatic rings. The van der Waals surface area contributed by atoms with E-state index in [1.54, 1.807) is 6.55 Å². The van der Waals surface area contributed by atoms with Gasteiger partial charge in [0.1, 0.15) is 0 Å². The number of hydrogen-bond donors (Lipinski definition) is 0. The molecule has 0 bridgehead atoms. The molecule has 0 saturated carbocycles. The summed E-state index contributed by atoms with van der Waals surface area (Å²) in [4.78, 5) is 0. The van der Waals surface area contributed by atoms with Crippen LogP contribution in [0.25, 0.3) is 0 Å². The Balaban J connectivity index is 2.54. The molecule has 0 amide bonds. The monoisotopic (exact) mass is 96.0 g/mol. The van der Waals surface area contributed by atoms with Gasteiger partial charge >= 0.3 is 0 Å². The summed E-state index contributed by atoms with van der Waals surface area (Å²) >= 11 is 0. The van der Waals surface area contributed by atoms with Gasteiger partial charge in [-0.15, -0.1) is 0 Å². The first kappa shape index (κ1) is 5.08. The van der Waals surface area contributed by atoms with Crippen molar-refractivity contribution in [2.24, 2.45) is 0 Å². The molecule has 3 heteroatoms. The average molecular weight is 96.2 g/mol. The molecule has 0 N–H and O–H groups in total. The maximum absolute atomic E-state index is 10.8. The third kappa shape index (κ3) is 4.08. The molecule has 0 aliphatic carbocycles. The highest BCUT2D eigenvalue weighted by Gasteiger charge is 1.92. The lowest BCUT2D eigenvalue weighted by Crippen LogP contribution is -1.95. The van der Waals surface area contributed by atoms with Crippen molar-refractivity contribution in [3.05, 3.63) is 0 Å². The molecule has 0 nitrogen and oxygen atoms in total. The molecule has 0 aromatic carbocycles. The van der Waals surface area contributed by atoms with E-state index in [2.05, 4.69) is 0 Å². The second-order valence-electron chi connectivity index (χ2n) is 0.799. The van der Waals surface area contributed by atoms with Gasteiger partial charge in [0.2, 0.25) is 6.05 Å². The summed E-state index contributed by atoms with van der Waals surface area (Å²) in [6.07, 6.45) is 0. The van der Waals surface area contributed by atoms with Crippen LogP contribution in [0.3, 0.4) is 0 Å². The summed E-state index contributed by atoms with van der Waals surface area (Å²) in [6, 6.07) is -1.98. The van der Waals surface area contributed by atoms with Crippen LogP contribution in [0.15, 0.2) is 0 Å². The van der Waals surface area contributed by atoms with Gasteiger partial charge in [0.15, 0.2) is 0 Å². The summed E-state index contributed by atoms with van der Waals surface area (Å²) in [5, 5.41) is 0. The van der Waals surface area contributed by atoms with Crippen LogP contribution < -0.4 is 0 Å². The first-order valence-corrected chi connectivity index (χ1v) is 3.78. The SMILES string of the molecule is C[SiH2]C(F)F. The summed E-state index contributed by atoms with van der Waals surface area (Å²) in [6.45, 7) is 1.59. The van der Waals surface area contributed by atoms with Crippen LogP contribution in [0.4, 0.5) is 8.78 Å². The van der Waals surface area contributed by atoms with Gasteiger partial charge in [0, 0.05) is 0 Å². The zero-order chi connectivity index (χ0) is 4.28. The lowest BCUT2D eigenvalue weighted by Gasteiger charge is -1.80. The highest BCUT2D eigenvalue weighted by molar-refractivity contribution is 6.34. The Morgan fingerprint density at radius 3 is 1.80 bits per heavy atom. The fraction of sp³-hybridized carbons (Fsp3) is 1.00. The number of alkyl halides is 2. The van der Waals surface area contributed by atoms with Crippen LogP contribution in [-0.2, 0) is 0 Å². The van der Waals surface area contributed by atoms with Gasteiger partial charge < -0.3 is 0 Å². The largest absolute Gasteiger partial charge is 0.216 e. The van der Waals surface area contributed by atoms with E-state index in [9.17, 15) is 8.78 Å². The topological polar surface area (TPSA) is 0 Å². The highest BCUT2D eigenvalue weighted by atomic mass is 28.2. The van der Waals surface area contributed by atoms with Gasteiger partial charge in [0.05, 0.1) is 9.52 Å². The molecule has 32 valence electrons. The van der Waals surface area contributed by atoms with E-state index in [1.807, 2.05) is 0 Å². The van der Waals surface area contributed by atoms with Gasteiger partial charge in [-0.3, -0.25) is 0 Å². The third-order valence-electron chi connectivity index (χ3n) is 0.309. The van der Waals surface area contributed by atoms with Crippen LogP contribution >= 0.6 is 0 Å². The third-order valence-corrected chi connectivity index (χ3v) is 0.926. The predicted octanol–water partition coefficient (Wildman–Crippen LogP) is 0.426. The number of halogens is 2. The summed E-state index contributed by atoms with van der Waals surface area (Å²) in [5.74, 6) is 0. The molecule has 0 radical (unpaired) electrons. The van der Waals surface area contributed by atoms with Gasteiger partial charge in [-0.2, -0.15) is 0 Å². The maximum atomic E-state index is 10.8. The minimum atomic E-state index is -1.98.